The van der Waals surface area contributed by atoms with E-state index in [2.05, 4.69) is 10.3 Å². The third-order valence-corrected chi connectivity index (χ3v) is 3.26. The van der Waals surface area contributed by atoms with Crippen molar-refractivity contribution >= 4 is 11.5 Å². The topological polar surface area (TPSA) is 71.2 Å². The molecule has 2 atom stereocenters. The Morgan fingerprint density at radius 1 is 1.44 bits per heavy atom. The van der Waals surface area contributed by atoms with Crippen molar-refractivity contribution in [1.82, 2.24) is 4.98 Å². The molecule has 1 aromatic heterocycles. The second kappa shape index (κ2) is 5.16. The summed E-state index contributed by atoms with van der Waals surface area (Å²) in [5.74, 6) is 0.862. The summed E-state index contributed by atoms with van der Waals surface area (Å²) < 4.78 is 0. The van der Waals surface area contributed by atoms with Crippen LogP contribution >= 0.6 is 0 Å². The fraction of sp³-hybridized carbons (Fsp3) is 0.583. The molecule has 0 spiro atoms. The van der Waals surface area contributed by atoms with Crippen LogP contribution in [0.3, 0.4) is 0 Å². The first-order valence-electron chi connectivity index (χ1n) is 5.90. The summed E-state index contributed by atoms with van der Waals surface area (Å²) in [7, 11) is 0. The van der Waals surface area contributed by atoms with Gasteiger partial charge in [-0.2, -0.15) is 0 Å². The van der Waals surface area contributed by atoms with E-state index in [1.54, 1.807) is 6.20 Å². The fourth-order valence-corrected chi connectivity index (χ4v) is 2.23. The van der Waals surface area contributed by atoms with Crippen LogP contribution in [0.1, 0.15) is 25.7 Å². The number of nitrogens with one attached hydrogen (secondary N) is 1. The molecule has 1 heterocycles. The van der Waals surface area contributed by atoms with E-state index in [4.69, 9.17) is 5.73 Å². The molecule has 2 unspecified atom stereocenters. The molecule has 1 saturated carbocycles. The van der Waals surface area contributed by atoms with E-state index in [0.717, 1.165) is 31.5 Å². The number of nitrogen functional groups attached to an aromatic ring is 1. The fourth-order valence-electron chi connectivity index (χ4n) is 2.23. The smallest absolute Gasteiger partial charge is 0.146 e. The molecule has 1 aliphatic carbocycles. The molecule has 0 bridgehead atoms. The van der Waals surface area contributed by atoms with Crippen LogP contribution in [0, 0.1) is 5.92 Å². The first-order chi connectivity index (χ1) is 7.77. The van der Waals surface area contributed by atoms with Crippen LogP contribution in [0.25, 0.3) is 0 Å². The van der Waals surface area contributed by atoms with Gasteiger partial charge < -0.3 is 16.2 Å². The lowest BCUT2D eigenvalue weighted by Crippen LogP contribution is -2.30. The van der Waals surface area contributed by atoms with Gasteiger partial charge in [-0.1, -0.05) is 12.8 Å². The summed E-state index contributed by atoms with van der Waals surface area (Å²) in [6.45, 7) is 0.775. The molecule has 2 rings (SSSR count). The van der Waals surface area contributed by atoms with E-state index in [9.17, 15) is 5.11 Å². The molecule has 0 aromatic carbocycles. The Labute approximate surface area is 95.9 Å². The molecule has 0 aliphatic heterocycles. The molecular weight excluding hydrogens is 202 g/mol. The Hall–Kier alpha value is -1.29. The quantitative estimate of drug-likeness (QED) is 0.725. The standard InChI is InChI=1S/C12H19N3O/c13-12-10(5-3-7-14-12)15-8-9-4-1-2-6-11(9)16/h3,5,7,9,11,15-16H,1-2,4,6,8H2,(H2,13,14). The van der Waals surface area contributed by atoms with E-state index in [1.807, 2.05) is 12.1 Å². The summed E-state index contributed by atoms with van der Waals surface area (Å²) in [5, 5.41) is 13.1. The van der Waals surface area contributed by atoms with Crippen LogP contribution in [-0.4, -0.2) is 22.7 Å². The minimum atomic E-state index is -0.167. The van der Waals surface area contributed by atoms with Gasteiger partial charge in [0.05, 0.1) is 11.8 Å². The Morgan fingerprint density at radius 2 is 2.25 bits per heavy atom. The van der Waals surface area contributed by atoms with Crippen LogP contribution < -0.4 is 11.1 Å². The highest BCUT2D eigenvalue weighted by Crippen LogP contribution is 2.25. The van der Waals surface area contributed by atoms with E-state index in [-0.39, 0.29) is 6.10 Å². The highest BCUT2D eigenvalue weighted by molar-refractivity contribution is 5.60. The van der Waals surface area contributed by atoms with Gasteiger partial charge in [0, 0.05) is 18.7 Å². The lowest BCUT2D eigenvalue weighted by atomic mass is 9.86. The van der Waals surface area contributed by atoms with Crippen molar-refractivity contribution in [3.05, 3.63) is 18.3 Å². The maximum absolute atomic E-state index is 9.83. The van der Waals surface area contributed by atoms with Gasteiger partial charge in [-0.05, 0) is 25.0 Å². The maximum atomic E-state index is 9.83. The van der Waals surface area contributed by atoms with Gasteiger partial charge in [0.2, 0.25) is 0 Å². The van der Waals surface area contributed by atoms with Crippen LogP contribution in [0.15, 0.2) is 18.3 Å². The zero-order valence-electron chi connectivity index (χ0n) is 9.39. The van der Waals surface area contributed by atoms with Crippen molar-refractivity contribution in [2.45, 2.75) is 31.8 Å². The van der Waals surface area contributed by atoms with Gasteiger partial charge in [-0.25, -0.2) is 4.98 Å². The van der Waals surface area contributed by atoms with Gasteiger partial charge in [-0.15, -0.1) is 0 Å². The number of aromatic nitrogens is 1. The summed E-state index contributed by atoms with van der Waals surface area (Å²) in [4.78, 5) is 4.01. The van der Waals surface area contributed by atoms with Crippen molar-refractivity contribution < 1.29 is 5.11 Å². The highest BCUT2D eigenvalue weighted by atomic mass is 16.3. The van der Waals surface area contributed by atoms with Crippen molar-refractivity contribution in [1.29, 1.82) is 0 Å². The molecule has 0 radical (unpaired) electrons. The summed E-state index contributed by atoms with van der Waals surface area (Å²) in [5.41, 5.74) is 6.60. The zero-order chi connectivity index (χ0) is 11.4. The van der Waals surface area contributed by atoms with Crippen LogP contribution in [0.2, 0.25) is 0 Å². The molecule has 1 fully saturated rings. The number of aliphatic hydroxyl groups excluding tert-OH is 1. The maximum Gasteiger partial charge on any atom is 0.146 e. The highest BCUT2D eigenvalue weighted by Gasteiger charge is 2.22. The molecular formula is C12H19N3O. The van der Waals surface area contributed by atoms with Gasteiger partial charge in [0.15, 0.2) is 0 Å². The monoisotopic (exact) mass is 221 g/mol. The predicted molar refractivity (Wildman–Crippen MR) is 65.1 cm³/mol. The Kier molecular flexibility index (Phi) is 3.62. The number of aliphatic hydroxyl groups is 1. The van der Waals surface area contributed by atoms with Crippen molar-refractivity contribution in [3.8, 4) is 0 Å². The number of rotatable bonds is 3. The zero-order valence-corrected chi connectivity index (χ0v) is 9.39. The van der Waals surface area contributed by atoms with E-state index >= 15 is 0 Å². The number of hydrogen-bond donors (Lipinski definition) is 3. The second-order valence-electron chi connectivity index (χ2n) is 4.43. The minimum absolute atomic E-state index is 0.167. The number of nitrogens with two attached hydrogens (primary N) is 1. The minimum Gasteiger partial charge on any atom is -0.393 e. The number of pyridine rings is 1. The summed E-state index contributed by atoms with van der Waals surface area (Å²) in [6.07, 6.45) is 5.89. The number of nitrogens with zero attached hydrogens (tertiary/aromatic N) is 1. The lowest BCUT2D eigenvalue weighted by Gasteiger charge is -2.28. The summed E-state index contributed by atoms with van der Waals surface area (Å²) >= 11 is 0. The Bertz CT molecular complexity index is 343. The Balaban J connectivity index is 1.89. The lowest BCUT2D eigenvalue weighted by molar-refractivity contribution is 0.0763. The normalized spacial score (nSPS) is 25.3. The molecule has 1 aliphatic rings. The van der Waals surface area contributed by atoms with E-state index in [0.29, 0.717) is 11.7 Å². The summed E-state index contributed by atoms with van der Waals surface area (Å²) in [6, 6.07) is 3.77. The number of hydrogen-bond acceptors (Lipinski definition) is 4. The van der Waals surface area contributed by atoms with E-state index in [1.165, 1.54) is 6.42 Å². The van der Waals surface area contributed by atoms with Crippen LogP contribution in [0.5, 0.6) is 0 Å². The molecule has 88 valence electrons. The van der Waals surface area contributed by atoms with Crippen LogP contribution in [-0.2, 0) is 0 Å². The SMILES string of the molecule is Nc1ncccc1NCC1CCCCC1O. The molecule has 0 amide bonds. The molecule has 4 nitrogen and oxygen atoms in total. The van der Waals surface area contributed by atoms with Crippen molar-refractivity contribution in [2.75, 3.05) is 17.6 Å². The molecule has 1 aromatic rings. The molecule has 0 saturated heterocycles. The first-order valence-corrected chi connectivity index (χ1v) is 5.90. The molecule has 16 heavy (non-hydrogen) atoms. The predicted octanol–water partition coefficient (Wildman–Crippen LogP) is 1.63. The number of anilines is 2. The van der Waals surface area contributed by atoms with Crippen molar-refractivity contribution in [3.63, 3.8) is 0 Å². The van der Waals surface area contributed by atoms with Gasteiger partial charge in [0.25, 0.3) is 0 Å². The average molecular weight is 221 g/mol. The van der Waals surface area contributed by atoms with Crippen molar-refractivity contribution in [2.24, 2.45) is 5.92 Å². The average Bonchev–Trinajstić information content (AvgIpc) is 2.30. The Morgan fingerprint density at radius 3 is 3.00 bits per heavy atom. The molecule has 4 heteroatoms. The largest absolute Gasteiger partial charge is 0.393 e. The van der Waals surface area contributed by atoms with Gasteiger partial charge in [-0.3, -0.25) is 0 Å². The second-order valence-corrected chi connectivity index (χ2v) is 4.43. The third kappa shape index (κ3) is 2.64. The van der Waals surface area contributed by atoms with Gasteiger partial charge in [0.1, 0.15) is 5.82 Å². The molecule has 4 N–H and O–H groups in total. The third-order valence-electron chi connectivity index (χ3n) is 3.26. The van der Waals surface area contributed by atoms with Crippen LogP contribution in [0.4, 0.5) is 11.5 Å². The first kappa shape index (κ1) is 11.2. The van der Waals surface area contributed by atoms with E-state index < -0.39 is 0 Å². The van der Waals surface area contributed by atoms with Gasteiger partial charge >= 0.3 is 0 Å².